The van der Waals surface area contributed by atoms with Crippen LogP contribution in [0, 0.1) is 12.3 Å². The molecule has 3 heterocycles. The van der Waals surface area contributed by atoms with Gasteiger partial charge in [-0.3, -0.25) is 9.80 Å². The van der Waals surface area contributed by atoms with E-state index >= 15 is 0 Å². The summed E-state index contributed by atoms with van der Waals surface area (Å²) in [5.74, 6) is 0. The topological polar surface area (TPSA) is 39.6 Å². The number of benzene rings is 1. The summed E-state index contributed by atoms with van der Waals surface area (Å²) in [7, 11) is 0. The Bertz CT molecular complexity index is 780. The van der Waals surface area contributed by atoms with Gasteiger partial charge in [-0.05, 0) is 50.3 Å². The minimum absolute atomic E-state index is 0.202. The number of hydrogen-bond acceptors (Lipinski definition) is 5. The van der Waals surface area contributed by atoms with E-state index in [-0.39, 0.29) is 11.5 Å². The maximum Gasteiger partial charge on any atom is 0.0897 e. The molecule has 4 nitrogen and oxygen atoms in total. The Morgan fingerprint density at radius 1 is 1.21 bits per heavy atom. The summed E-state index contributed by atoms with van der Waals surface area (Å²) in [6.45, 7) is 8.06. The first kappa shape index (κ1) is 19.8. The summed E-state index contributed by atoms with van der Waals surface area (Å²) in [5.41, 5.74) is 2.71. The van der Waals surface area contributed by atoms with Gasteiger partial charge in [0.2, 0.25) is 0 Å². The van der Waals surface area contributed by atoms with E-state index < -0.39 is 0 Å². The molecule has 2 aliphatic rings. The molecule has 1 aromatic heterocycles. The largest absolute Gasteiger partial charge is 0.392 e. The van der Waals surface area contributed by atoms with Crippen molar-refractivity contribution in [3.05, 3.63) is 58.1 Å². The molecule has 2 aromatic rings. The van der Waals surface area contributed by atoms with Crippen molar-refractivity contribution in [2.24, 2.45) is 5.41 Å². The average molecular weight is 398 g/mol. The van der Waals surface area contributed by atoms with Crippen molar-refractivity contribution >= 4 is 17.4 Å². The van der Waals surface area contributed by atoms with Crippen molar-refractivity contribution in [1.29, 1.82) is 0 Å². The molecule has 1 N–H and O–H groups in total. The normalized spacial score (nSPS) is 23.6. The van der Waals surface area contributed by atoms with Gasteiger partial charge in [0.15, 0.2) is 0 Å². The van der Waals surface area contributed by atoms with Gasteiger partial charge in [-0.1, -0.05) is 42.5 Å². The molecule has 2 fully saturated rings. The molecule has 0 radical (unpaired) electrons. The van der Waals surface area contributed by atoms with Gasteiger partial charge >= 0.3 is 0 Å². The van der Waals surface area contributed by atoms with Crippen LogP contribution in [0.5, 0.6) is 0 Å². The van der Waals surface area contributed by atoms with Crippen LogP contribution in [0.25, 0.3) is 6.08 Å². The van der Waals surface area contributed by atoms with Crippen LogP contribution in [0.1, 0.15) is 35.5 Å². The number of thiazole rings is 1. The van der Waals surface area contributed by atoms with Crippen molar-refractivity contribution in [3.8, 4) is 0 Å². The zero-order valence-corrected chi connectivity index (χ0v) is 17.6. The van der Waals surface area contributed by atoms with Crippen LogP contribution in [-0.2, 0) is 6.54 Å². The van der Waals surface area contributed by atoms with Crippen LogP contribution in [0.3, 0.4) is 0 Å². The number of aliphatic hydroxyl groups is 1. The molecule has 4 rings (SSSR count). The van der Waals surface area contributed by atoms with Crippen molar-refractivity contribution in [3.63, 3.8) is 0 Å². The fraction of sp³-hybridized carbons (Fsp3) is 0.522. The first-order valence-corrected chi connectivity index (χ1v) is 11.2. The smallest absolute Gasteiger partial charge is 0.0897 e. The highest BCUT2D eigenvalue weighted by Gasteiger charge is 2.41. The molecule has 150 valence electrons. The standard InChI is InChI=1S/C23H31N3OS/c1-19-24-21(17-28-19)15-25-12-9-23(10-13-25)14-22(27)16-26(18-23)11-5-8-20-6-3-2-4-7-20/h2-8,17,22,27H,9-16,18H2,1H3/b8-5+. The molecule has 0 amide bonds. The van der Waals surface area contributed by atoms with E-state index in [0.717, 1.165) is 50.7 Å². The van der Waals surface area contributed by atoms with E-state index in [4.69, 9.17) is 0 Å². The van der Waals surface area contributed by atoms with Gasteiger partial charge in [-0.2, -0.15) is 0 Å². The van der Waals surface area contributed by atoms with Crippen LogP contribution >= 0.6 is 11.3 Å². The molecule has 2 saturated heterocycles. The SMILES string of the molecule is Cc1nc(CN2CCC3(CC2)CC(O)CN(C/C=C/c2ccccc2)C3)cs1. The Morgan fingerprint density at radius 3 is 2.71 bits per heavy atom. The van der Waals surface area contributed by atoms with Gasteiger partial charge in [-0.15, -0.1) is 11.3 Å². The molecular formula is C23H31N3OS. The van der Waals surface area contributed by atoms with Gasteiger partial charge in [0.1, 0.15) is 0 Å². The van der Waals surface area contributed by atoms with E-state index in [0.29, 0.717) is 0 Å². The highest BCUT2D eigenvalue weighted by atomic mass is 32.1. The highest BCUT2D eigenvalue weighted by Crippen LogP contribution is 2.40. The van der Waals surface area contributed by atoms with Crippen LogP contribution in [0.4, 0.5) is 0 Å². The molecule has 0 aliphatic carbocycles. The molecule has 1 unspecified atom stereocenters. The number of likely N-dealkylation sites (tertiary alicyclic amines) is 2. The second kappa shape index (κ2) is 8.87. The maximum absolute atomic E-state index is 10.5. The minimum Gasteiger partial charge on any atom is -0.392 e. The van der Waals surface area contributed by atoms with E-state index in [1.165, 1.54) is 24.1 Å². The number of piperidine rings is 2. The fourth-order valence-electron chi connectivity index (χ4n) is 4.76. The number of nitrogens with zero attached hydrogens (tertiary/aromatic N) is 3. The first-order chi connectivity index (χ1) is 13.6. The zero-order valence-electron chi connectivity index (χ0n) is 16.8. The lowest BCUT2D eigenvalue weighted by Crippen LogP contribution is -2.53. The van der Waals surface area contributed by atoms with E-state index in [1.54, 1.807) is 11.3 Å². The predicted octanol–water partition coefficient (Wildman–Crippen LogP) is 3.81. The van der Waals surface area contributed by atoms with E-state index in [9.17, 15) is 5.11 Å². The second-order valence-electron chi connectivity index (χ2n) is 8.50. The number of aromatic nitrogens is 1. The van der Waals surface area contributed by atoms with Crippen molar-refractivity contribution in [2.75, 3.05) is 32.7 Å². The van der Waals surface area contributed by atoms with Crippen molar-refractivity contribution < 1.29 is 5.11 Å². The first-order valence-electron chi connectivity index (χ1n) is 10.4. The Labute approximate surface area is 172 Å². The highest BCUT2D eigenvalue weighted by molar-refractivity contribution is 7.09. The monoisotopic (exact) mass is 397 g/mol. The number of hydrogen-bond donors (Lipinski definition) is 1. The third-order valence-electron chi connectivity index (χ3n) is 6.14. The lowest BCUT2D eigenvalue weighted by atomic mass is 9.71. The molecule has 1 spiro atoms. The van der Waals surface area contributed by atoms with Gasteiger partial charge in [0.25, 0.3) is 0 Å². The number of aliphatic hydroxyl groups excluding tert-OH is 1. The molecule has 2 aliphatic heterocycles. The third-order valence-corrected chi connectivity index (χ3v) is 6.96. The lowest BCUT2D eigenvalue weighted by molar-refractivity contribution is -0.0381. The molecule has 0 saturated carbocycles. The number of aryl methyl sites for hydroxylation is 1. The average Bonchev–Trinajstić information content (AvgIpc) is 3.09. The van der Waals surface area contributed by atoms with Crippen molar-refractivity contribution in [2.45, 2.75) is 38.8 Å². The van der Waals surface area contributed by atoms with E-state index in [2.05, 4.69) is 63.5 Å². The van der Waals surface area contributed by atoms with Gasteiger partial charge < -0.3 is 5.11 Å². The van der Waals surface area contributed by atoms with Crippen molar-refractivity contribution in [1.82, 2.24) is 14.8 Å². The number of β-amino-alcohol motifs (C(OH)–C–C–N with tert-alkyl or cyclic N) is 1. The van der Waals surface area contributed by atoms with E-state index in [1.807, 2.05) is 6.07 Å². The van der Waals surface area contributed by atoms with Crippen LogP contribution < -0.4 is 0 Å². The molecular weight excluding hydrogens is 366 g/mol. The Kier molecular flexibility index (Phi) is 6.26. The summed E-state index contributed by atoms with van der Waals surface area (Å²) in [5, 5.41) is 13.9. The molecule has 0 bridgehead atoms. The number of rotatable bonds is 5. The quantitative estimate of drug-likeness (QED) is 0.833. The van der Waals surface area contributed by atoms with Crippen LogP contribution in [-0.4, -0.2) is 58.7 Å². The Morgan fingerprint density at radius 2 is 2.00 bits per heavy atom. The maximum atomic E-state index is 10.5. The lowest BCUT2D eigenvalue weighted by Gasteiger charge is -2.49. The van der Waals surface area contributed by atoms with Gasteiger partial charge in [-0.25, -0.2) is 4.98 Å². The zero-order chi connectivity index (χ0) is 19.4. The summed E-state index contributed by atoms with van der Waals surface area (Å²) in [6, 6.07) is 10.4. The Balaban J connectivity index is 1.31. The molecule has 1 aromatic carbocycles. The van der Waals surface area contributed by atoms with Crippen LogP contribution in [0.2, 0.25) is 0 Å². The summed E-state index contributed by atoms with van der Waals surface area (Å²) >= 11 is 1.74. The predicted molar refractivity (Wildman–Crippen MR) is 116 cm³/mol. The molecule has 5 heteroatoms. The second-order valence-corrected chi connectivity index (χ2v) is 9.56. The molecule has 1 atom stereocenters. The van der Waals surface area contributed by atoms with Gasteiger partial charge in [0.05, 0.1) is 16.8 Å². The minimum atomic E-state index is -0.202. The third kappa shape index (κ3) is 5.09. The van der Waals surface area contributed by atoms with Crippen LogP contribution in [0.15, 0.2) is 41.8 Å². The summed E-state index contributed by atoms with van der Waals surface area (Å²) < 4.78 is 0. The summed E-state index contributed by atoms with van der Waals surface area (Å²) in [4.78, 5) is 9.58. The summed E-state index contributed by atoms with van der Waals surface area (Å²) in [6.07, 6.45) is 7.52. The van der Waals surface area contributed by atoms with Gasteiger partial charge in [0, 0.05) is 31.6 Å². The Hall–Kier alpha value is -1.53. The fourth-order valence-corrected chi connectivity index (χ4v) is 5.37. The molecule has 28 heavy (non-hydrogen) atoms.